The Bertz CT molecular complexity index is 808. The molecular weight excluding hydrogens is 356 g/mol. The highest BCUT2D eigenvalue weighted by Crippen LogP contribution is 2.14. The summed E-state index contributed by atoms with van der Waals surface area (Å²) >= 11 is 5.92. The zero-order valence-electron chi connectivity index (χ0n) is 14.3. The number of esters is 1. The molecule has 0 radical (unpaired) electrons. The summed E-state index contributed by atoms with van der Waals surface area (Å²) in [6, 6.07) is 13.8. The molecule has 0 heterocycles. The van der Waals surface area contributed by atoms with Crippen LogP contribution < -0.4 is 10.6 Å². The number of halogens is 1. The van der Waals surface area contributed by atoms with Crippen molar-refractivity contribution in [3.05, 3.63) is 64.7 Å². The Morgan fingerprint density at radius 1 is 1.08 bits per heavy atom. The number of aryl methyl sites for hydroxylation is 1. The molecule has 0 aromatic heterocycles. The molecule has 7 heteroatoms. The molecule has 0 aliphatic carbocycles. The van der Waals surface area contributed by atoms with E-state index < -0.39 is 11.9 Å². The van der Waals surface area contributed by atoms with Crippen LogP contribution in [0.3, 0.4) is 0 Å². The van der Waals surface area contributed by atoms with Gasteiger partial charge < -0.3 is 15.4 Å². The largest absolute Gasteiger partial charge is 0.468 e. The first kappa shape index (κ1) is 19.5. The smallest absolute Gasteiger partial charge is 0.325 e. The van der Waals surface area contributed by atoms with Gasteiger partial charge in [-0.3, -0.25) is 14.4 Å². The Labute approximate surface area is 156 Å². The minimum absolute atomic E-state index is 0.169. The van der Waals surface area contributed by atoms with Gasteiger partial charge in [0.25, 0.3) is 5.91 Å². The van der Waals surface area contributed by atoms with E-state index >= 15 is 0 Å². The van der Waals surface area contributed by atoms with Crippen molar-refractivity contribution in [1.29, 1.82) is 0 Å². The van der Waals surface area contributed by atoms with Crippen molar-refractivity contribution >= 4 is 35.1 Å². The zero-order valence-corrected chi connectivity index (χ0v) is 15.0. The van der Waals surface area contributed by atoms with E-state index in [2.05, 4.69) is 15.4 Å². The molecule has 2 amide bonds. The van der Waals surface area contributed by atoms with Gasteiger partial charge in [0.15, 0.2) is 0 Å². The number of amides is 2. The van der Waals surface area contributed by atoms with Gasteiger partial charge in [0.1, 0.15) is 6.54 Å². The van der Waals surface area contributed by atoms with Crippen LogP contribution in [0.15, 0.2) is 48.5 Å². The summed E-state index contributed by atoms with van der Waals surface area (Å²) in [5.41, 5.74) is 1.82. The second kappa shape index (κ2) is 9.58. The number of nitrogens with one attached hydrogen (secondary N) is 2. The Morgan fingerprint density at radius 2 is 1.85 bits per heavy atom. The first-order valence-electron chi connectivity index (χ1n) is 7.97. The highest BCUT2D eigenvalue weighted by molar-refractivity contribution is 6.30. The van der Waals surface area contributed by atoms with Gasteiger partial charge in [0.05, 0.1) is 7.11 Å². The van der Waals surface area contributed by atoms with E-state index in [0.717, 1.165) is 5.56 Å². The van der Waals surface area contributed by atoms with Gasteiger partial charge in [-0.2, -0.15) is 0 Å². The van der Waals surface area contributed by atoms with Crippen molar-refractivity contribution in [2.75, 3.05) is 19.0 Å². The predicted octanol–water partition coefficient (Wildman–Crippen LogP) is 2.81. The maximum atomic E-state index is 12.1. The fourth-order valence-electron chi connectivity index (χ4n) is 2.24. The number of hydrogen-bond acceptors (Lipinski definition) is 4. The predicted molar refractivity (Wildman–Crippen MR) is 99.2 cm³/mol. The van der Waals surface area contributed by atoms with Gasteiger partial charge in [-0.05, 0) is 42.3 Å². The number of benzene rings is 2. The number of carbonyl (C=O) groups is 3. The summed E-state index contributed by atoms with van der Waals surface area (Å²) in [7, 11) is 1.24. The van der Waals surface area contributed by atoms with Gasteiger partial charge in [-0.15, -0.1) is 0 Å². The van der Waals surface area contributed by atoms with Crippen molar-refractivity contribution < 1.29 is 19.1 Å². The van der Waals surface area contributed by atoms with Crippen LogP contribution in [0.1, 0.15) is 22.3 Å². The standard InChI is InChI=1S/C19H19ClN2O4/c1-26-18(24)12-21-19(25)14-5-3-7-16(11-14)22-17(23)9-8-13-4-2-6-15(20)10-13/h2-7,10-11H,8-9,12H2,1H3,(H,21,25)(H,22,23). The summed E-state index contributed by atoms with van der Waals surface area (Å²) in [6.07, 6.45) is 0.852. The van der Waals surface area contributed by atoms with Crippen molar-refractivity contribution in [2.45, 2.75) is 12.8 Å². The molecule has 0 bridgehead atoms. The minimum Gasteiger partial charge on any atom is -0.468 e. The fraction of sp³-hybridized carbons (Fsp3) is 0.211. The SMILES string of the molecule is COC(=O)CNC(=O)c1cccc(NC(=O)CCc2cccc(Cl)c2)c1. The first-order chi connectivity index (χ1) is 12.5. The van der Waals surface area contributed by atoms with E-state index in [4.69, 9.17) is 11.6 Å². The summed E-state index contributed by atoms with van der Waals surface area (Å²) in [6.45, 7) is -0.217. The van der Waals surface area contributed by atoms with Crippen LogP contribution in [0.2, 0.25) is 5.02 Å². The summed E-state index contributed by atoms with van der Waals surface area (Å²) in [5, 5.41) is 5.83. The molecule has 2 rings (SSSR count). The lowest BCUT2D eigenvalue weighted by Gasteiger charge is -2.08. The average Bonchev–Trinajstić information content (AvgIpc) is 2.64. The monoisotopic (exact) mass is 374 g/mol. The zero-order chi connectivity index (χ0) is 18.9. The van der Waals surface area contributed by atoms with Gasteiger partial charge >= 0.3 is 5.97 Å². The van der Waals surface area contributed by atoms with E-state index in [9.17, 15) is 14.4 Å². The van der Waals surface area contributed by atoms with E-state index in [0.29, 0.717) is 29.1 Å². The number of rotatable bonds is 7. The Morgan fingerprint density at radius 3 is 2.58 bits per heavy atom. The topological polar surface area (TPSA) is 84.5 Å². The van der Waals surface area contributed by atoms with Crippen LogP contribution >= 0.6 is 11.6 Å². The molecule has 136 valence electrons. The third-order valence-corrected chi connectivity index (χ3v) is 3.79. The summed E-state index contributed by atoms with van der Waals surface area (Å²) in [5.74, 6) is -1.13. The van der Waals surface area contributed by atoms with Crippen LogP contribution in [0.4, 0.5) is 5.69 Å². The van der Waals surface area contributed by atoms with E-state index in [1.165, 1.54) is 7.11 Å². The molecule has 0 unspecified atom stereocenters. The molecule has 0 saturated carbocycles. The molecule has 0 spiro atoms. The van der Waals surface area contributed by atoms with E-state index in [1.807, 2.05) is 18.2 Å². The molecule has 0 atom stereocenters. The first-order valence-corrected chi connectivity index (χ1v) is 8.35. The molecule has 0 saturated heterocycles. The molecule has 0 fully saturated rings. The van der Waals surface area contributed by atoms with Crippen molar-refractivity contribution in [3.8, 4) is 0 Å². The molecule has 2 N–H and O–H groups in total. The number of hydrogen-bond donors (Lipinski definition) is 2. The fourth-order valence-corrected chi connectivity index (χ4v) is 2.45. The van der Waals surface area contributed by atoms with Gasteiger partial charge in [-0.1, -0.05) is 29.8 Å². The van der Waals surface area contributed by atoms with E-state index in [1.54, 1.807) is 30.3 Å². The highest BCUT2D eigenvalue weighted by atomic mass is 35.5. The normalized spacial score (nSPS) is 10.1. The van der Waals surface area contributed by atoms with Crippen LogP contribution in [0.25, 0.3) is 0 Å². The Kier molecular flexibility index (Phi) is 7.17. The maximum absolute atomic E-state index is 12.1. The third-order valence-electron chi connectivity index (χ3n) is 3.56. The van der Waals surface area contributed by atoms with Gasteiger partial charge in [0.2, 0.25) is 5.91 Å². The second-order valence-corrected chi connectivity index (χ2v) is 5.95. The van der Waals surface area contributed by atoms with Crippen LogP contribution in [0, 0.1) is 0 Å². The quantitative estimate of drug-likeness (QED) is 0.730. The molecule has 2 aromatic carbocycles. The maximum Gasteiger partial charge on any atom is 0.325 e. The van der Waals surface area contributed by atoms with Crippen molar-refractivity contribution in [1.82, 2.24) is 5.32 Å². The average molecular weight is 375 g/mol. The lowest BCUT2D eigenvalue weighted by atomic mass is 10.1. The number of carbonyl (C=O) groups excluding carboxylic acids is 3. The van der Waals surface area contributed by atoms with Crippen molar-refractivity contribution in [2.24, 2.45) is 0 Å². The Hall–Kier alpha value is -2.86. The van der Waals surface area contributed by atoms with E-state index in [-0.39, 0.29) is 12.5 Å². The van der Waals surface area contributed by atoms with Crippen LogP contribution in [-0.4, -0.2) is 31.4 Å². The molecule has 6 nitrogen and oxygen atoms in total. The summed E-state index contributed by atoms with van der Waals surface area (Å²) in [4.78, 5) is 35.2. The minimum atomic E-state index is -0.538. The van der Waals surface area contributed by atoms with Gasteiger partial charge in [0, 0.05) is 22.7 Å². The molecule has 26 heavy (non-hydrogen) atoms. The number of ether oxygens (including phenoxy) is 1. The van der Waals surface area contributed by atoms with Crippen molar-refractivity contribution in [3.63, 3.8) is 0 Å². The molecular formula is C19H19ClN2O4. The van der Waals surface area contributed by atoms with Gasteiger partial charge in [-0.25, -0.2) is 0 Å². The van der Waals surface area contributed by atoms with Crippen LogP contribution in [-0.2, 0) is 20.7 Å². The summed E-state index contributed by atoms with van der Waals surface area (Å²) < 4.78 is 4.46. The Balaban J connectivity index is 1.89. The number of methoxy groups -OCH3 is 1. The second-order valence-electron chi connectivity index (χ2n) is 5.52. The molecule has 2 aromatic rings. The lowest BCUT2D eigenvalue weighted by Crippen LogP contribution is -2.30. The van der Waals surface area contributed by atoms with Crippen LogP contribution in [0.5, 0.6) is 0 Å². The highest BCUT2D eigenvalue weighted by Gasteiger charge is 2.10. The molecule has 0 aliphatic heterocycles. The number of anilines is 1. The lowest BCUT2D eigenvalue weighted by molar-refractivity contribution is -0.139. The third kappa shape index (κ3) is 6.22. The molecule has 0 aliphatic rings.